The molecule has 2 heterocycles. The number of benzene rings is 1. The van der Waals surface area contributed by atoms with E-state index >= 15 is 0 Å². The van der Waals surface area contributed by atoms with Gasteiger partial charge in [0.25, 0.3) is 5.91 Å². The van der Waals surface area contributed by atoms with Crippen LogP contribution in [-0.2, 0) is 6.42 Å². The van der Waals surface area contributed by atoms with Crippen molar-refractivity contribution in [1.82, 2.24) is 14.8 Å². The molecule has 1 saturated carbocycles. The molecule has 0 unspecified atom stereocenters. The zero-order valence-electron chi connectivity index (χ0n) is 13.6. The molecule has 1 N–H and O–H groups in total. The standard InChI is InChI=1S/C19H14F2N4O/c20-11-4-5-15(14(21)9-11)25-18-12-7-10(12)8-13(18)17(24-25)19(26)23-16-3-1-2-6-22-16/h1-6,9-10,12H,7-8H2,(H,22,23,26)/t10-,12-/m0/s1. The van der Waals surface area contributed by atoms with Gasteiger partial charge in [-0.15, -0.1) is 0 Å². The number of pyridine rings is 1. The number of carbonyl (C=O) groups excluding carboxylic acids is 1. The molecule has 0 bridgehead atoms. The molecule has 2 aromatic heterocycles. The Balaban J connectivity index is 1.58. The minimum absolute atomic E-state index is 0.159. The molecule has 5 rings (SSSR count). The fourth-order valence-corrected chi connectivity index (χ4v) is 3.75. The average Bonchev–Trinajstić information content (AvgIpc) is 3.12. The molecule has 2 aliphatic carbocycles. The smallest absolute Gasteiger partial charge is 0.277 e. The third-order valence-electron chi connectivity index (χ3n) is 5.02. The van der Waals surface area contributed by atoms with Crippen LogP contribution in [0.3, 0.4) is 0 Å². The van der Waals surface area contributed by atoms with E-state index in [1.54, 1.807) is 24.4 Å². The Morgan fingerprint density at radius 2 is 2.12 bits per heavy atom. The summed E-state index contributed by atoms with van der Waals surface area (Å²) in [6.45, 7) is 0. The van der Waals surface area contributed by atoms with Gasteiger partial charge < -0.3 is 5.32 Å². The first-order valence-electron chi connectivity index (χ1n) is 8.41. The highest BCUT2D eigenvalue weighted by molar-refractivity contribution is 6.03. The molecule has 3 aromatic rings. The molecule has 5 nitrogen and oxygen atoms in total. The number of aromatic nitrogens is 3. The van der Waals surface area contributed by atoms with Crippen LogP contribution < -0.4 is 5.32 Å². The van der Waals surface area contributed by atoms with Crippen LogP contribution >= 0.6 is 0 Å². The molecule has 130 valence electrons. The maximum atomic E-state index is 14.3. The van der Waals surface area contributed by atoms with Crippen LogP contribution in [0, 0.1) is 17.6 Å². The summed E-state index contributed by atoms with van der Waals surface area (Å²) in [5.41, 5.74) is 2.16. The van der Waals surface area contributed by atoms with Gasteiger partial charge in [-0.2, -0.15) is 5.10 Å². The van der Waals surface area contributed by atoms with Gasteiger partial charge in [-0.1, -0.05) is 6.07 Å². The summed E-state index contributed by atoms with van der Waals surface area (Å²) < 4.78 is 29.0. The Kier molecular flexibility index (Phi) is 3.19. The Labute approximate surface area is 147 Å². The van der Waals surface area contributed by atoms with Crippen LogP contribution in [0.5, 0.6) is 0 Å². The Morgan fingerprint density at radius 1 is 1.23 bits per heavy atom. The van der Waals surface area contributed by atoms with Gasteiger partial charge >= 0.3 is 0 Å². The van der Waals surface area contributed by atoms with E-state index in [9.17, 15) is 13.6 Å². The number of nitrogens with one attached hydrogen (secondary N) is 1. The van der Waals surface area contributed by atoms with Crippen molar-refractivity contribution in [2.75, 3.05) is 5.32 Å². The number of rotatable bonds is 3. The molecular formula is C19H14F2N4O. The lowest BCUT2D eigenvalue weighted by Gasteiger charge is -2.07. The van der Waals surface area contributed by atoms with E-state index in [1.807, 2.05) is 0 Å². The fourth-order valence-electron chi connectivity index (χ4n) is 3.75. The molecule has 2 aliphatic rings. The van der Waals surface area contributed by atoms with Gasteiger partial charge in [0.1, 0.15) is 17.3 Å². The summed E-state index contributed by atoms with van der Waals surface area (Å²) in [5.74, 6) is -0.513. The van der Waals surface area contributed by atoms with E-state index in [0.29, 0.717) is 17.7 Å². The molecule has 0 saturated heterocycles. The minimum Gasteiger partial charge on any atom is -0.305 e. The predicted octanol–water partition coefficient (Wildman–Crippen LogP) is 3.46. The molecule has 0 spiro atoms. The quantitative estimate of drug-likeness (QED) is 0.785. The minimum atomic E-state index is -0.698. The first kappa shape index (κ1) is 15.2. The van der Waals surface area contributed by atoms with Crippen molar-refractivity contribution in [3.05, 3.63) is 71.2 Å². The molecule has 0 radical (unpaired) electrons. The maximum Gasteiger partial charge on any atom is 0.277 e. The summed E-state index contributed by atoms with van der Waals surface area (Å²) >= 11 is 0. The number of fused-ring (bicyclic) bond motifs is 3. The van der Waals surface area contributed by atoms with Crippen molar-refractivity contribution < 1.29 is 13.6 Å². The van der Waals surface area contributed by atoms with Crippen LogP contribution in [0.1, 0.15) is 34.1 Å². The van der Waals surface area contributed by atoms with E-state index in [2.05, 4.69) is 15.4 Å². The van der Waals surface area contributed by atoms with E-state index in [4.69, 9.17) is 0 Å². The van der Waals surface area contributed by atoms with Crippen molar-refractivity contribution in [2.45, 2.75) is 18.8 Å². The highest BCUT2D eigenvalue weighted by atomic mass is 19.1. The second-order valence-corrected chi connectivity index (χ2v) is 6.70. The van der Waals surface area contributed by atoms with Crippen molar-refractivity contribution >= 4 is 11.7 Å². The number of halogens is 2. The molecule has 7 heteroatoms. The van der Waals surface area contributed by atoms with Crippen LogP contribution in [0.15, 0.2) is 42.6 Å². The molecule has 1 aromatic carbocycles. The second kappa shape index (κ2) is 5.45. The van der Waals surface area contributed by atoms with E-state index in [-0.39, 0.29) is 17.3 Å². The first-order valence-corrected chi connectivity index (χ1v) is 8.41. The summed E-state index contributed by atoms with van der Waals surface area (Å²) in [7, 11) is 0. The van der Waals surface area contributed by atoms with Gasteiger partial charge in [-0.05, 0) is 43.0 Å². The molecule has 1 fully saturated rings. The van der Waals surface area contributed by atoms with Gasteiger partial charge in [-0.3, -0.25) is 4.79 Å². The van der Waals surface area contributed by atoms with Crippen LogP contribution in [0.25, 0.3) is 5.69 Å². The SMILES string of the molecule is O=C(Nc1ccccn1)c1nn(-c2ccc(F)cc2F)c2c1C[C@@H]1C[C@H]21. The van der Waals surface area contributed by atoms with Crippen LogP contribution in [0.2, 0.25) is 0 Å². The summed E-state index contributed by atoms with van der Waals surface area (Å²) in [6.07, 6.45) is 3.36. The Hall–Kier alpha value is -3.09. The van der Waals surface area contributed by atoms with Crippen molar-refractivity contribution in [2.24, 2.45) is 5.92 Å². The largest absolute Gasteiger partial charge is 0.305 e. The van der Waals surface area contributed by atoms with Crippen LogP contribution in [0.4, 0.5) is 14.6 Å². The number of hydrogen-bond donors (Lipinski definition) is 1. The zero-order valence-corrected chi connectivity index (χ0v) is 13.6. The lowest BCUT2D eigenvalue weighted by Crippen LogP contribution is -2.16. The molecule has 1 amide bonds. The summed E-state index contributed by atoms with van der Waals surface area (Å²) in [6, 6.07) is 8.60. The molecule has 26 heavy (non-hydrogen) atoms. The Bertz CT molecular complexity index is 1030. The molecular weight excluding hydrogens is 338 g/mol. The van der Waals surface area contributed by atoms with E-state index in [1.165, 1.54) is 16.8 Å². The lowest BCUT2D eigenvalue weighted by atomic mass is 10.1. The van der Waals surface area contributed by atoms with Crippen LogP contribution in [-0.4, -0.2) is 20.7 Å². The maximum absolute atomic E-state index is 14.3. The van der Waals surface area contributed by atoms with Gasteiger partial charge in [0.2, 0.25) is 0 Å². The molecule has 2 atom stereocenters. The normalized spacial score (nSPS) is 19.8. The Morgan fingerprint density at radius 3 is 2.88 bits per heavy atom. The molecule has 0 aliphatic heterocycles. The average molecular weight is 352 g/mol. The van der Waals surface area contributed by atoms with Gasteiger partial charge in [0.15, 0.2) is 11.5 Å². The fraction of sp³-hybridized carbons (Fsp3) is 0.211. The highest BCUT2D eigenvalue weighted by Gasteiger charge is 2.50. The first-order chi connectivity index (χ1) is 12.6. The third-order valence-corrected chi connectivity index (χ3v) is 5.02. The number of carbonyl (C=O) groups is 1. The highest BCUT2D eigenvalue weighted by Crippen LogP contribution is 2.57. The number of hydrogen-bond acceptors (Lipinski definition) is 3. The van der Waals surface area contributed by atoms with Crippen molar-refractivity contribution in [3.8, 4) is 5.69 Å². The summed E-state index contributed by atoms with van der Waals surface area (Å²) in [5, 5.41) is 7.11. The summed E-state index contributed by atoms with van der Waals surface area (Å²) in [4.78, 5) is 16.8. The zero-order chi connectivity index (χ0) is 17.8. The van der Waals surface area contributed by atoms with Crippen molar-refractivity contribution in [3.63, 3.8) is 0 Å². The topological polar surface area (TPSA) is 59.8 Å². The number of amides is 1. The monoisotopic (exact) mass is 352 g/mol. The third kappa shape index (κ3) is 2.31. The van der Waals surface area contributed by atoms with E-state index in [0.717, 1.165) is 30.2 Å². The number of nitrogens with zero attached hydrogens (tertiary/aromatic N) is 3. The predicted molar refractivity (Wildman–Crippen MR) is 90.2 cm³/mol. The lowest BCUT2D eigenvalue weighted by molar-refractivity contribution is 0.102. The second-order valence-electron chi connectivity index (χ2n) is 6.70. The van der Waals surface area contributed by atoms with Gasteiger partial charge in [0.05, 0.1) is 5.69 Å². The van der Waals surface area contributed by atoms with Gasteiger partial charge in [0, 0.05) is 23.7 Å². The van der Waals surface area contributed by atoms with E-state index < -0.39 is 11.6 Å². The van der Waals surface area contributed by atoms with Crippen molar-refractivity contribution in [1.29, 1.82) is 0 Å². The van der Waals surface area contributed by atoms with Gasteiger partial charge in [-0.25, -0.2) is 18.4 Å². The number of anilines is 1.